The molecule has 1 aliphatic heterocycles. The summed E-state index contributed by atoms with van der Waals surface area (Å²) in [5.74, 6) is -0.498. The maximum atomic E-state index is 12.8. The van der Waals surface area contributed by atoms with E-state index in [-0.39, 0.29) is 5.75 Å². The van der Waals surface area contributed by atoms with Crippen LogP contribution in [0.25, 0.3) is 0 Å². The van der Waals surface area contributed by atoms with Crippen molar-refractivity contribution in [1.29, 1.82) is 0 Å². The van der Waals surface area contributed by atoms with Gasteiger partial charge >= 0.3 is 12.1 Å². The van der Waals surface area contributed by atoms with E-state index in [0.717, 1.165) is 12.1 Å². The first-order chi connectivity index (χ1) is 10.8. The van der Waals surface area contributed by atoms with E-state index in [1.165, 1.54) is 13.2 Å². The molecule has 0 N–H and O–H groups in total. The number of alkyl halides is 3. The van der Waals surface area contributed by atoms with Crippen molar-refractivity contribution >= 4 is 21.9 Å². The molecule has 0 aromatic heterocycles. The number of hydrogen-bond acceptors (Lipinski definition) is 3. The summed E-state index contributed by atoms with van der Waals surface area (Å²) in [6.07, 6.45) is -5.26. The molecule has 120 valence electrons. The normalized spacial score (nSPS) is 16.9. The van der Waals surface area contributed by atoms with Crippen molar-refractivity contribution in [2.45, 2.75) is 12.3 Å². The lowest BCUT2D eigenvalue weighted by molar-refractivity contribution is -0.137. The smallest absolute Gasteiger partial charge is 0.416 e. The molecule has 7 heteroatoms. The second-order valence-electron chi connectivity index (χ2n) is 4.97. The van der Waals surface area contributed by atoms with E-state index in [4.69, 9.17) is 9.47 Å². The highest BCUT2D eigenvalue weighted by Crippen LogP contribution is 2.42. The maximum absolute atomic E-state index is 12.8. The number of ether oxygens (including phenoxy) is 2. The van der Waals surface area contributed by atoms with Crippen LogP contribution in [0.1, 0.15) is 33.2 Å². The molecule has 0 radical (unpaired) electrons. The van der Waals surface area contributed by atoms with Gasteiger partial charge in [0.2, 0.25) is 0 Å². The fraction of sp³-hybridized carbons (Fsp3) is 0.188. The van der Waals surface area contributed by atoms with E-state index in [1.807, 2.05) is 0 Å². The average molecular weight is 387 g/mol. The Hall–Kier alpha value is -2.02. The second kappa shape index (κ2) is 5.56. The molecule has 0 spiro atoms. The first kappa shape index (κ1) is 15.9. The van der Waals surface area contributed by atoms with Crippen molar-refractivity contribution in [2.75, 3.05) is 7.11 Å². The molecule has 3 rings (SSSR count). The molecule has 1 atom stereocenters. The number of benzene rings is 2. The van der Waals surface area contributed by atoms with Gasteiger partial charge in [-0.3, -0.25) is 0 Å². The number of esters is 1. The zero-order chi connectivity index (χ0) is 16.8. The van der Waals surface area contributed by atoms with E-state index >= 15 is 0 Å². The predicted molar refractivity (Wildman–Crippen MR) is 79.4 cm³/mol. The number of hydrogen-bond donors (Lipinski definition) is 0. The number of carbonyl (C=O) groups excluding carboxylic acids is 1. The van der Waals surface area contributed by atoms with Gasteiger partial charge in [-0.05, 0) is 24.3 Å². The largest absolute Gasteiger partial charge is 0.496 e. The highest BCUT2D eigenvalue weighted by Gasteiger charge is 2.36. The minimum absolute atomic E-state index is 0.0217. The van der Waals surface area contributed by atoms with Crippen LogP contribution >= 0.6 is 15.9 Å². The standard InChI is InChI=1S/C16H10BrF3O3/c1-22-13-6-8(16(18,19)20)2-4-11(13)14-10-5-3-9(17)7-12(10)15(21)23-14/h2-7,14H,1H3. The van der Waals surface area contributed by atoms with Crippen molar-refractivity contribution in [3.63, 3.8) is 0 Å². The molecule has 0 bridgehead atoms. The number of cyclic esters (lactones) is 1. The van der Waals surface area contributed by atoms with Crippen molar-refractivity contribution in [3.05, 3.63) is 63.1 Å². The zero-order valence-electron chi connectivity index (χ0n) is 11.8. The van der Waals surface area contributed by atoms with Crippen LogP contribution in [0.2, 0.25) is 0 Å². The minimum Gasteiger partial charge on any atom is -0.496 e. The third-order valence-corrected chi connectivity index (χ3v) is 4.08. The number of methoxy groups -OCH3 is 1. The van der Waals surface area contributed by atoms with E-state index in [1.54, 1.807) is 18.2 Å². The van der Waals surface area contributed by atoms with Crippen LogP contribution in [-0.4, -0.2) is 13.1 Å². The average Bonchev–Trinajstić information content (AvgIpc) is 2.82. The highest BCUT2D eigenvalue weighted by atomic mass is 79.9. The number of halogens is 4. The summed E-state index contributed by atoms with van der Waals surface area (Å²) in [6.45, 7) is 0. The lowest BCUT2D eigenvalue weighted by atomic mass is 9.97. The third-order valence-electron chi connectivity index (χ3n) is 3.59. The van der Waals surface area contributed by atoms with Crippen LogP contribution < -0.4 is 4.74 Å². The first-order valence-electron chi connectivity index (χ1n) is 6.57. The molecule has 0 amide bonds. The van der Waals surface area contributed by atoms with Crippen LogP contribution in [0, 0.1) is 0 Å². The Kier molecular flexibility index (Phi) is 3.83. The molecular formula is C16H10BrF3O3. The maximum Gasteiger partial charge on any atom is 0.416 e. The van der Waals surface area contributed by atoms with E-state index in [9.17, 15) is 18.0 Å². The van der Waals surface area contributed by atoms with E-state index < -0.39 is 23.8 Å². The second-order valence-corrected chi connectivity index (χ2v) is 5.89. The monoisotopic (exact) mass is 386 g/mol. The Morgan fingerprint density at radius 3 is 2.48 bits per heavy atom. The molecule has 1 unspecified atom stereocenters. The van der Waals surface area contributed by atoms with Gasteiger partial charge in [0.1, 0.15) is 5.75 Å². The Balaban J connectivity index is 2.09. The van der Waals surface area contributed by atoms with Crippen LogP contribution in [0.5, 0.6) is 5.75 Å². The summed E-state index contributed by atoms with van der Waals surface area (Å²) >= 11 is 3.27. The number of carbonyl (C=O) groups is 1. The van der Waals surface area contributed by atoms with Gasteiger partial charge in [-0.1, -0.05) is 28.1 Å². The Morgan fingerprint density at radius 1 is 1.13 bits per heavy atom. The van der Waals surface area contributed by atoms with Crippen molar-refractivity contribution < 1.29 is 27.4 Å². The van der Waals surface area contributed by atoms with E-state index in [0.29, 0.717) is 21.2 Å². The SMILES string of the molecule is COc1cc(C(F)(F)F)ccc1C1OC(=O)c2cc(Br)ccc21. The van der Waals surface area contributed by atoms with E-state index in [2.05, 4.69) is 15.9 Å². The molecule has 3 nitrogen and oxygen atoms in total. The van der Waals surface area contributed by atoms with Gasteiger partial charge in [0.15, 0.2) is 6.10 Å². The van der Waals surface area contributed by atoms with Crippen molar-refractivity contribution in [2.24, 2.45) is 0 Å². The molecule has 2 aromatic carbocycles. The molecule has 0 saturated carbocycles. The van der Waals surface area contributed by atoms with Gasteiger partial charge in [-0.25, -0.2) is 4.79 Å². The Morgan fingerprint density at radius 2 is 1.83 bits per heavy atom. The summed E-state index contributed by atoms with van der Waals surface area (Å²) < 4.78 is 49.5. The molecule has 1 aliphatic rings. The van der Waals surface area contributed by atoms with Gasteiger partial charge in [0, 0.05) is 15.6 Å². The molecule has 1 heterocycles. The van der Waals surface area contributed by atoms with Gasteiger partial charge in [-0.15, -0.1) is 0 Å². The fourth-order valence-electron chi connectivity index (χ4n) is 2.50. The van der Waals surface area contributed by atoms with Crippen molar-refractivity contribution in [1.82, 2.24) is 0 Å². The molecule has 2 aromatic rings. The topological polar surface area (TPSA) is 35.5 Å². The van der Waals surface area contributed by atoms with Crippen LogP contribution in [0.3, 0.4) is 0 Å². The summed E-state index contributed by atoms with van der Waals surface area (Å²) in [4.78, 5) is 12.0. The first-order valence-corrected chi connectivity index (χ1v) is 7.36. The van der Waals surface area contributed by atoms with Gasteiger partial charge in [0.25, 0.3) is 0 Å². The Labute approximate surface area is 138 Å². The zero-order valence-corrected chi connectivity index (χ0v) is 13.4. The Bertz CT molecular complexity index is 787. The number of rotatable bonds is 2. The quantitative estimate of drug-likeness (QED) is 0.699. The number of fused-ring (bicyclic) bond motifs is 1. The molecule has 0 saturated heterocycles. The van der Waals surface area contributed by atoms with Crippen molar-refractivity contribution in [3.8, 4) is 5.75 Å². The fourth-order valence-corrected chi connectivity index (χ4v) is 2.86. The summed E-state index contributed by atoms with van der Waals surface area (Å²) in [5, 5.41) is 0. The third kappa shape index (κ3) is 2.81. The predicted octanol–water partition coefficient (Wildman–Crippen LogP) is 4.74. The van der Waals surface area contributed by atoms with Gasteiger partial charge in [-0.2, -0.15) is 13.2 Å². The van der Waals surface area contributed by atoms with Crippen LogP contribution in [0.4, 0.5) is 13.2 Å². The summed E-state index contributed by atoms with van der Waals surface area (Å²) in [7, 11) is 1.28. The highest BCUT2D eigenvalue weighted by molar-refractivity contribution is 9.10. The van der Waals surface area contributed by atoms with Crippen LogP contribution in [0.15, 0.2) is 40.9 Å². The molecule has 0 aliphatic carbocycles. The summed E-state index contributed by atoms with van der Waals surface area (Å²) in [6, 6.07) is 8.18. The van der Waals surface area contributed by atoms with Gasteiger partial charge in [0.05, 0.1) is 18.2 Å². The molecular weight excluding hydrogens is 377 g/mol. The molecule has 0 fully saturated rings. The van der Waals surface area contributed by atoms with Gasteiger partial charge < -0.3 is 9.47 Å². The molecule has 23 heavy (non-hydrogen) atoms. The summed E-state index contributed by atoms with van der Waals surface area (Å²) in [5.41, 5.74) is 0.524. The minimum atomic E-state index is -4.47. The lowest BCUT2D eigenvalue weighted by Gasteiger charge is -2.17. The van der Waals surface area contributed by atoms with Crippen LogP contribution in [-0.2, 0) is 10.9 Å². The lowest BCUT2D eigenvalue weighted by Crippen LogP contribution is -2.08.